The molecule has 0 aromatic carbocycles. The minimum absolute atomic E-state index is 0.643. The molecule has 0 amide bonds. The highest BCUT2D eigenvalue weighted by Gasteiger charge is 2.21. The summed E-state index contributed by atoms with van der Waals surface area (Å²) in [5.41, 5.74) is -0.371. The number of allylic oxidation sites excluding steroid dienone is 1. The van der Waals surface area contributed by atoms with E-state index in [1.165, 1.54) is 6.42 Å². The zero-order valence-corrected chi connectivity index (χ0v) is 13.3. The van der Waals surface area contributed by atoms with Crippen LogP contribution >= 0.6 is 29.2 Å². The second-order valence-corrected chi connectivity index (χ2v) is 10.3. The van der Waals surface area contributed by atoms with Gasteiger partial charge in [-0.25, -0.2) is 0 Å². The van der Waals surface area contributed by atoms with Gasteiger partial charge in [-0.1, -0.05) is 29.7 Å². The molecule has 0 saturated heterocycles. The zero-order chi connectivity index (χ0) is 12.4. The van der Waals surface area contributed by atoms with E-state index in [1.54, 1.807) is 16.9 Å². The van der Waals surface area contributed by atoms with Gasteiger partial charge in [0.05, 0.1) is 12.1 Å². The molecule has 16 heavy (non-hydrogen) atoms. The van der Waals surface area contributed by atoms with E-state index in [9.17, 15) is 0 Å². The highest BCUT2D eigenvalue weighted by atomic mass is 32.9. The van der Waals surface area contributed by atoms with E-state index in [2.05, 4.69) is 6.58 Å². The smallest absolute Gasteiger partial charge is 0.213 e. The van der Waals surface area contributed by atoms with Gasteiger partial charge in [0.2, 0.25) is 5.62 Å². The molecule has 1 atom stereocenters. The van der Waals surface area contributed by atoms with Crippen LogP contribution in [0, 0.1) is 0 Å². The van der Waals surface area contributed by atoms with Crippen molar-refractivity contribution >= 4 is 46.5 Å². The molecule has 94 valence electrons. The number of unbranched alkanes of at least 4 members (excludes halogenated alkanes) is 2. The summed E-state index contributed by atoms with van der Waals surface area (Å²) in [7, 11) is 1.90. The van der Waals surface area contributed by atoms with E-state index >= 15 is 0 Å². The Morgan fingerprint density at radius 2 is 2.19 bits per heavy atom. The topological polar surface area (TPSA) is 12.5 Å². The van der Waals surface area contributed by atoms with E-state index in [-0.39, 0.29) is 0 Å². The predicted octanol–water partition coefficient (Wildman–Crippen LogP) is 4.23. The Kier molecular flexibility index (Phi) is 9.96. The maximum Gasteiger partial charge on any atom is 0.213 e. The van der Waals surface area contributed by atoms with Crippen LogP contribution in [-0.2, 0) is 16.3 Å². The number of hydrogen-bond donors (Lipinski definition) is 0. The lowest BCUT2D eigenvalue weighted by atomic mass is 10.2. The van der Waals surface area contributed by atoms with Gasteiger partial charge in [-0.15, -0.1) is 6.58 Å². The van der Waals surface area contributed by atoms with Crippen LogP contribution in [0.4, 0.5) is 0 Å². The molecule has 6 heteroatoms. The second-order valence-electron chi connectivity index (χ2n) is 3.18. The highest BCUT2D eigenvalue weighted by Crippen LogP contribution is 2.61. The SMILES string of the molecule is C=CCCCCSP(=S)(OCC)N(C)C=S. The van der Waals surface area contributed by atoms with Crippen molar-refractivity contribution in [3.05, 3.63) is 12.7 Å². The average molecular weight is 297 g/mol. The van der Waals surface area contributed by atoms with E-state index < -0.39 is 5.62 Å². The molecule has 2 nitrogen and oxygen atoms in total. The van der Waals surface area contributed by atoms with Crippen LogP contribution < -0.4 is 0 Å². The first kappa shape index (κ1) is 16.6. The molecule has 1 unspecified atom stereocenters. The first-order chi connectivity index (χ1) is 7.60. The summed E-state index contributed by atoms with van der Waals surface area (Å²) in [6.07, 6.45) is 5.33. The molecule has 0 aliphatic heterocycles. The average Bonchev–Trinajstić information content (AvgIpc) is 2.28. The molecule has 0 aromatic heterocycles. The van der Waals surface area contributed by atoms with Crippen LogP contribution in [0.5, 0.6) is 0 Å². The van der Waals surface area contributed by atoms with Gasteiger partial charge in [0.1, 0.15) is 0 Å². The molecule has 0 rings (SSSR count). The second kappa shape index (κ2) is 9.60. The molecule has 0 aromatic rings. The lowest BCUT2D eigenvalue weighted by Gasteiger charge is -2.28. The van der Waals surface area contributed by atoms with Crippen molar-refractivity contribution < 1.29 is 4.52 Å². The summed E-state index contributed by atoms with van der Waals surface area (Å²) in [6, 6.07) is 0. The van der Waals surface area contributed by atoms with Crippen molar-refractivity contribution in [2.24, 2.45) is 0 Å². The van der Waals surface area contributed by atoms with Crippen LogP contribution in [0.25, 0.3) is 0 Å². The van der Waals surface area contributed by atoms with Gasteiger partial charge in [0.25, 0.3) is 0 Å². The molecule has 0 N–H and O–H groups in total. The molecule has 0 fully saturated rings. The summed E-state index contributed by atoms with van der Waals surface area (Å²) in [5, 5.41) is 0. The third-order valence-corrected chi connectivity index (χ3v) is 9.28. The molecule has 0 spiro atoms. The molecule has 0 bridgehead atoms. The largest absolute Gasteiger partial charge is 0.327 e. The molecule has 0 saturated carbocycles. The first-order valence-corrected chi connectivity index (χ1v) is 10.0. The summed E-state index contributed by atoms with van der Waals surface area (Å²) >= 11 is 12.2. The van der Waals surface area contributed by atoms with E-state index in [0.717, 1.165) is 18.6 Å². The van der Waals surface area contributed by atoms with Crippen molar-refractivity contribution in [3.63, 3.8) is 0 Å². The van der Waals surface area contributed by atoms with E-state index in [4.69, 9.17) is 28.5 Å². The van der Waals surface area contributed by atoms with Gasteiger partial charge < -0.3 is 9.19 Å². The van der Waals surface area contributed by atoms with Gasteiger partial charge >= 0.3 is 0 Å². The zero-order valence-electron chi connectivity index (χ0n) is 9.92. The fraction of sp³-hybridized carbons (Fsp3) is 0.700. The Bertz CT molecular complexity index is 260. The minimum atomic E-state index is -1.96. The van der Waals surface area contributed by atoms with Crippen LogP contribution in [-0.4, -0.2) is 29.6 Å². The lowest BCUT2D eigenvalue weighted by Crippen LogP contribution is -2.11. The maximum absolute atomic E-state index is 5.69. The molecule has 0 aliphatic rings. The van der Waals surface area contributed by atoms with Crippen LogP contribution in [0.3, 0.4) is 0 Å². The molecule has 0 heterocycles. The van der Waals surface area contributed by atoms with Crippen LogP contribution in [0.15, 0.2) is 12.7 Å². The van der Waals surface area contributed by atoms with Crippen molar-refractivity contribution in [2.75, 3.05) is 19.4 Å². The van der Waals surface area contributed by atoms with Gasteiger partial charge in [-0.3, -0.25) is 0 Å². The summed E-state index contributed by atoms with van der Waals surface area (Å²) in [6.45, 7) is 6.32. The summed E-state index contributed by atoms with van der Waals surface area (Å²) in [4.78, 5) is 0. The van der Waals surface area contributed by atoms with Crippen LogP contribution in [0.1, 0.15) is 26.2 Å². The Morgan fingerprint density at radius 1 is 1.50 bits per heavy atom. The Morgan fingerprint density at radius 3 is 2.69 bits per heavy atom. The van der Waals surface area contributed by atoms with E-state index in [1.807, 2.05) is 24.7 Å². The minimum Gasteiger partial charge on any atom is -0.327 e. The molecule has 0 aliphatic carbocycles. The van der Waals surface area contributed by atoms with Crippen molar-refractivity contribution in [2.45, 2.75) is 26.2 Å². The van der Waals surface area contributed by atoms with E-state index in [0.29, 0.717) is 6.61 Å². The Balaban J connectivity index is 4.07. The van der Waals surface area contributed by atoms with Crippen molar-refractivity contribution in [1.82, 2.24) is 4.67 Å². The van der Waals surface area contributed by atoms with Gasteiger partial charge in [0, 0.05) is 12.8 Å². The summed E-state index contributed by atoms with van der Waals surface area (Å²) < 4.78 is 7.56. The van der Waals surface area contributed by atoms with Gasteiger partial charge in [-0.2, -0.15) is 0 Å². The predicted molar refractivity (Wildman–Crippen MR) is 83.8 cm³/mol. The maximum atomic E-state index is 5.69. The number of nitrogens with zero attached hydrogens (tertiary/aromatic N) is 1. The quantitative estimate of drug-likeness (QED) is 0.258. The fourth-order valence-corrected chi connectivity index (χ4v) is 6.65. The highest BCUT2D eigenvalue weighted by molar-refractivity contribution is 8.68. The van der Waals surface area contributed by atoms with Crippen molar-refractivity contribution in [1.29, 1.82) is 0 Å². The monoisotopic (exact) mass is 297 g/mol. The fourth-order valence-electron chi connectivity index (χ4n) is 1.01. The number of hydrogen-bond acceptors (Lipinski definition) is 4. The van der Waals surface area contributed by atoms with Gasteiger partial charge in [-0.05, 0) is 38.0 Å². The first-order valence-electron chi connectivity index (χ1n) is 5.29. The van der Waals surface area contributed by atoms with Crippen molar-refractivity contribution in [3.8, 4) is 0 Å². The number of rotatable bonds is 10. The lowest BCUT2D eigenvalue weighted by molar-refractivity contribution is 0.369. The third-order valence-electron chi connectivity index (χ3n) is 1.89. The van der Waals surface area contributed by atoms with Crippen LogP contribution in [0.2, 0.25) is 0 Å². The third kappa shape index (κ3) is 6.36. The Labute approximate surface area is 114 Å². The molecular formula is C10H20NOPS3. The standard InChI is InChI=1S/C10H20NOPS3/c1-4-6-7-8-9-16-13(15,12-5-2)11(3)10-14/h4,10H,1,5-9H2,2-3H3. The van der Waals surface area contributed by atoms with Gasteiger partial charge in [0.15, 0.2) is 0 Å². The normalized spacial score (nSPS) is 14.1. The Hall–Kier alpha value is 0.590. The molecular weight excluding hydrogens is 277 g/mol. The summed E-state index contributed by atoms with van der Waals surface area (Å²) in [5.74, 6) is 1.03. The number of thiocarbonyl (C=S) groups is 1. The molecule has 0 radical (unpaired) electrons.